The van der Waals surface area contributed by atoms with Crippen LogP contribution in [-0.2, 0) is 0 Å². The van der Waals surface area contributed by atoms with Gasteiger partial charge in [0.25, 0.3) is 0 Å². The molecule has 0 saturated heterocycles. The highest BCUT2D eigenvalue weighted by Gasteiger charge is 2.13. The number of hydrogen-bond acceptors (Lipinski definition) is 1. The Morgan fingerprint density at radius 1 is 1.00 bits per heavy atom. The van der Waals surface area contributed by atoms with Crippen molar-refractivity contribution in [2.75, 3.05) is 6.26 Å². The van der Waals surface area contributed by atoms with E-state index in [4.69, 9.17) is 0 Å². The first-order valence-electron chi connectivity index (χ1n) is 6.18. The molecular weight excluding hydrogens is 212 g/mol. The minimum Gasteiger partial charge on any atom is -0.130 e. The molecule has 16 heavy (non-hydrogen) atoms. The van der Waals surface area contributed by atoms with Crippen LogP contribution in [0.15, 0.2) is 29.2 Å². The first-order valence-corrected chi connectivity index (χ1v) is 7.41. The van der Waals surface area contributed by atoms with Crippen molar-refractivity contribution in [2.24, 2.45) is 11.8 Å². The van der Waals surface area contributed by atoms with E-state index in [0.717, 1.165) is 11.8 Å². The summed E-state index contributed by atoms with van der Waals surface area (Å²) >= 11 is 1.81. The Morgan fingerprint density at radius 3 is 2.00 bits per heavy atom. The Morgan fingerprint density at radius 2 is 1.56 bits per heavy atom. The van der Waals surface area contributed by atoms with E-state index < -0.39 is 0 Å². The molecule has 0 aliphatic heterocycles. The molecule has 2 atom stereocenters. The van der Waals surface area contributed by atoms with Crippen molar-refractivity contribution in [3.8, 4) is 0 Å². The molecule has 1 heteroatoms. The molecule has 0 nitrogen and oxygen atoms in total. The van der Waals surface area contributed by atoms with Gasteiger partial charge in [0.15, 0.2) is 0 Å². The molecule has 0 saturated carbocycles. The van der Waals surface area contributed by atoms with E-state index in [0.29, 0.717) is 5.92 Å². The zero-order valence-electron chi connectivity index (χ0n) is 11.2. The molecule has 1 aromatic carbocycles. The van der Waals surface area contributed by atoms with Crippen LogP contribution in [0, 0.1) is 11.8 Å². The van der Waals surface area contributed by atoms with Crippen LogP contribution in [-0.4, -0.2) is 6.26 Å². The second-order valence-electron chi connectivity index (χ2n) is 5.13. The summed E-state index contributed by atoms with van der Waals surface area (Å²) in [5.74, 6) is 2.26. The summed E-state index contributed by atoms with van der Waals surface area (Å²) in [5.41, 5.74) is 1.48. The number of benzene rings is 1. The molecule has 0 aromatic heterocycles. The van der Waals surface area contributed by atoms with E-state index in [1.54, 1.807) is 0 Å². The lowest BCUT2D eigenvalue weighted by Gasteiger charge is -2.20. The van der Waals surface area contributed by atoms with E-state index in [9.17, 15) is 0 Å². The van der Waals surface area contributed by atoms with E-state index in [1.165, 1.54) is 16.9 Å². The Labute approximate surface area is 105 Å². The van der Waals surface area contributed by atoms with Gasteiger partial charge in [-0.1, -0.05) is 39.8 Å². The van der Waals surface area contributed by atoms with Gasteiger partial charge < -0.3 is 0 Å². The van der Waals surface area contributed by atoms with Gasteiger partial charge in [-0.2, -0.15) is 0 Å². The molecule has 0 aliphatic carbocycles. The monoisotopic (exact) mass is 236 g/mol. The van der Waals surface area contributed by atoms with Crippen LogP contribution in [0.3, 0.4) is 0 Å². The molecule has 0 bridgehead atoms. The predicted molar refractivity (Wildman–Crippen MR) is 75.3 cm³/mol. The largest absolute Gasteiger partial charge is 0.130 e. The summed E-state index contributed by atoms with van der Waals surface area (Å²) in [6, 6.07) is 9.03. The van der Waals surface area contributed by atoms with Gasteiger partial charge in [-0.25, -0.2) is 0 Å². The summed E-state index contributed by atoms with van der Waals surface area (Å²) in [7, 11) is 0. The van der Waals surface area contributed by atoms with Crippen molar-refractivity contribution >= 4 is 11.8 Å². The average molecular weight is 236 g/mol. The minimum atomic E-state index is 0.674. The molecule has 0 aliphatic rings. The second kappa shape index (κ2) is 6.34. The molecule has 1 rings (SSSR count). The van der Waals surface area contributed by atoms with E-state index >= 15 is 0 Å². The van der Waals surface area contributed by atoms with Crippen molar-refractivity contribution < 1.29 is 0 Å². The molecule has 90 valence electrons. The van der Waals surface area contributed by atoms with Crippen LogP contribution in [0.25, 0.3) is 0 Å². The maximum Gasteiger partial charge on any atom is 0.00693 e. The molecule has 0 N–H and O–H groups in total. The third kappa shape index (κ3) is 3.86. The molecule has 2 unspecified atom stereocenters. The van der Waals surface area contributed by atoms with Crippen LogP contribution in [0.5, 0.6) is 0 Å². The van der Waals surface area contributed by atoms with Gasteiger partial charge in [0, 0.05) is 4.90 Å². The Bertz CT molecular complexity index is 300. The first-order chi connectivity index (χ1) is 7.54. The van der Waals surface area contributed by atoms with Crippen LogP contribution in [0.4, 0.5) is 0 Å². The van der Waals surface area contributed by atoms with Crippen LogP contribution < -0.4 is 0 Å². The topological polar surface area (TPSA) is 0 Å². The van der Waals surface area contributed by atoms with Crippen molar-refractivity contribution in [3.63, 3.8) is 0 Å². The van der Waals surface area contributed by atoms with Crippen LogP contribution in [0.1, 0.15) is 45.6 Å². The normalized spacial score (nSPS) is 15.1. The second-order valence-corrected chi connectivity index (χ2v) is 6.01. The Hall–Kier alpha value is -0.430. The van der Waals surface area contributed by atoms with Crippen LogP contribution in [0.2, 0.25) is 0 Å². The van der Waals surface area contributed by atoms with Gasteiger partial charge in [0.05, 0.1) is 0 Å². The SMILES string of the molecule is CSc1ccc(C(C)CC(C)C(C)C)cc1. The zero-order valence-corrected chi connectivity index (χ0v) is 12.0. The number of rotatable bonds is 5. The summed E-state index contributed by atoms with van der Waals surface area (Å²) in [5, 5.41) is 0. The van der Waals surface area contributed by atoms with Crippen molar-refractivity contribution in [3.05, 3.63) is 29.8 Å². The fraction of sp³-hybridized carbons (Fsp3) is 0.600. The third-order valence-electron chi connectivity index (χ3n) is 3.55. The molecule has 0 heterocycles. The van der Waals surface area contributed by atoms with Gasteiger partial charge in [-0.15, -0.1) is 11.8 Å². The zero-order chi connectivity index (χ0) is 12.1. The highest BCUT2D eigenvalue weighted by atomic mass is 32.2. The molecule has 0 amide bonds. The van der Waals surface area contributed by atoms with Gasteiger partial charge in [0.2, 0.25) is 0 Å². The standard InChI is InChI=1S/C15H24S/c1-11(2)12(3)10-13(4)14-6-8-15(16-5)9-7-14/h6-9,11-13H,10H2,1-5H3. The van der Waals surface area contributed by atoms with Crippen molar-refractivity contribution in [1.29, 1.82) is 0 Å². The molecule has 0 fully saturated rings. The summed E-state index contributed by atoms with van der Waals surface area (Å²) < 4.78 is 0. The lowest BCUT2D eigenvalue weighted by atomic mass is 9.85. The Balaban J connectivity index is 2.62. The molecule has 1 aromatic rings. The maximum absolute atomic E-state index is 2.36. The third-order valence-corrected chi connectivity index (χ3v) is 4.29. The molecular formula is C15H24S. The molecule has 0 radical (unpaired) electrons. The van der Waals surface area contributed by atoms with Gasteiger partial charge in [0.1, 0.15) is 0 Å². The smallest absolute Gasteiger partial charge is 0.00693 e. The van der Waals surface area contributed by atoms with Crippen LogP contribution >= 0.6 is 11.8 Å². The fourth-order valence-corrected chi connectivity index (χ4v) is 2.31. The van der Waals surface area contributed by atoms with Gasteiger partial charge in [-0.05, 0) is 48.1 Å². The van der Waals surface area contributed by atoms with E-state index in [-0.39, 0.29) is 0 Å². The minimum absolute atomic E-state index is 0.674. The average Bonchev–Trinajstić information content (AvgIpc) is 2.28. The lowest BCUT2D eigenvalue weighted by Crippen LogP contribution is -2.08. The fourth-order valence-electron chi connectivity index (χ4n) is 1.90. The predicted octanol–water partition coefficient (Wildman–Crippen LogP) is 5.19. The lowest BCUT2D eigenvalue weighted by molar-refractivity contribution is 0.368. The quantitative estimate of drug-likeness (QED) is 0.634. The highest BCUT2D eigenvalue weighted by Crippen LogP contribution is 2.28. The summed E-state index contributed by atoms with van der Waals surface area (Å²) in [4.78, 5) is 1.35. The Kier molecular flexibility index (Phi) is 5.40. The van der Waals surface area contributed by atoms with Crippen molar-refractivity contribution in [2.45, 2.75) is 44.9 Å². The first kappa shape index (κ1) is 13.6. The molecule has 0 spiro atoms. The van der Waals surface area contributed by atoms with Gasteiger partial charge >= 0.3 is 0 Å². The summed E-state index contributed by atoms with van der Waals surface area (Å²) in [6.07, 6.45) is 3.41. The van der Waals surface area contributed by atoms with Gasteiger partial charge in [-0.3, -0.25) is 0 Å². The van der Waals surface area contributed by atoms with E-state index in [1.807, 2.05) is 11.8 Å². The van der Waals surface area contributed by atoms with E-state index in [2.05, 4.69) is 58.2 Å². The van der Waals surface area contributed by atoms with Crippen molar-refractivity contribution in [1.82, 2.24) is 0 Å². The maximum atomic E-state index is 2.36. The number of thioether (sulfide) groups is 1. The summed E-state index contributed by atoms with van der Waals surface area (Å²) in [6.45, 7) is 9.33. The highest BCUT2D eigenvalue weighted by molar-refractivity contribution is 7.98. The number of hydrogen-bond donors (Lipinski definition) is 0.